The van der Waals surface area contributed by atoms with Gasteiger partial charge in [-0.2, -0.15) is 5.10 Å². The van der Waals surface area contributed by atoms with E-state index in [0.717, 1.165) is 38.2 Å². The van der Waals surface area contributed by atoms with Crippen LogP contribution >= 0.6 is 0 Å². The summed E-state index contributed by atoms with van der Waals surface area (Å²) in [6.07, 6.45) is 3.36. The van der Waals surface area contributed by atoms with Crippen molar-refractivity contribution in [3.05, 3.63) is 18.0 Å². The maximum Gasteiger partial charge on any atom is 0.109 e. The normalized spacial score (nSPS) is 21.8. The van der Waals surface area contributed by atoms with E-state index in [1.807, 2.05) is 13.1 Å². The molecule has 1 aliphatic rings. The van der Waals surface area contributed by atoms with Crippen LogP contribution in [0.5, 0.6) is 0 Å². The number of hydrogen-bond acceptors (Lipinski definition) is 3. The molecule has 2 rings (SSSR count). The Bertz CT molecular complexity index is 326. The largest absolute Gasteiger partial charge is 0.383 e. The summed E-state index contributed by atoms with van der Waals surface area (Å²) < 4.78 is 1.78. The Balaban J connectivity index is 2.13. The van der Waals surface area contributed by atoms with Crippen LogP contribution in [0.15, 0.2) is 12.3 Å². The molecule has 0 spiro atoms. The van der Waals surface area contributed by atoms with Gasteiger partial charge in [-0.25, -0.2) is 0 Å². The van der Waals surface area contributed by atoms with Gasteiger partial charge >= 0.3 is 0 Å². The Labute approximate surface area is 90.5 Å². The highest BCUT2D eigenvalue weighted by Gasteiger charge is 2.35. The zero-order chi connectivity index (χ0) is 10.9. The Morgan fingerprint density at radius 3 is 2.60 bits per heavy atom. The van der Waals surface area contributed by atoms with E-state index < -0.39 is 5.60 Å². The lowest BCUT2D eigenvalue weighted by atomic mass is 9.88. The summed E-state index contributed by atoms with van der Waals surface area (Å²) in [7, 11) is 1.89. The van der Waals surface area contributed by atoms with Gasteiger partial charge in [0.1, 0.15) is 5.60 Å². The quantitative estimate of drug-likeness (QED) is 0.780. The van der Waals surface area contributed by atoms with Crippen molar-refractivity contribution in [2.45, 2.75) is 25.4 Å². The van der Waals surface area contributed by atoms with Crippen molar-refractivity contribution in [2.75, 3.05) is 19.6 Å². The van der Waals surface area contributed by atoms with Gasteiger partial charge in [-0.3, -0.25) is 4.68 Å². The van der Waals surface area contributed by atoms with Crippen molar-refractivity contribution in [1.82, 2.24) is 14.7 Å². The third-order valence-corrected chi connectivity index (χ3v) is 3.43. The predicted molar refractivity (Wildman–Crippen MR) is 58.5 cm³/mol. The minimum atomic E-state index is -0.670. The van der Waals surface area contributed by atoms with E-state index in [1.165, 1.54) is 0 Å². The molecule has 1 aliphatic heterocycles. The summed E-state index contributed by atoms with van der Waals surface area (Å²) in [5.74, 6) is 0. The first-order valence-corrected chi connectivity index (χ1v) is 5.59. The molecule has 0 bridgehead atoms. The molecule has 15 heavy (non-hydrogen) atoms. The Morgan fingerprint density at radius 1 is 1.47 bits per heavy atom. The molecule has 0 aromatic carbocycles. The molecule has 0 amide bonds. The van der Waals surface area contributed by atoms with Crippen molar-refractivity contribution in [2.24, 2.45) is 7.05 Å². The van der Waals surface area contributed by atoms with Crippen LogP contribution in [0.4, 0.5) is 0 Å². The number of nitrogens with zero attached hydrogens (tertiary/aromatic N) is 3. The minimum Gasteiger partial charge on any atom is -0.383 e. The van der Waals surface area contributed by atoms with Gasteiger partial charge in [-0.05, 0) is 25.5 Å². The molecular weight excluding hydrogens is 190 g/mol. The molecule has 1 saturated heterocycles. The van der Waals surface area contributed by atoms with Crippen molar-refractivity contribution in [3.63, 3.8) is 0 Å². The monoisotopic (exact) mass is 209 g/mol. The fraction of sp³-hybridized carbons (Fsp3) is 0.727. The van der Waals surface area contributed by atoms with Gasteiger partial charge in [0.05, 0.1) is 5.69 Å². The molecule has 4 heteroatoms. The van der Waals surface area contributed by atoms with Crippen LogP contribution in [0.3, 0.4) is 0 Å². The first kappa shape index (κ1) is 10.6. The highest BCUT2D eigenvalue weighted by Crippen LogP contribution is 2.31. The van der Waals surface area contributed by atoms with Crippen LogP contribution in [0, 0.1) is 0 Å². The third kappa shape index (κ3) is 1.92. The number of rotatable bonds is 2. The predicted octanol–water partition coefficient (Wildman–Crippen LogP) is 0.723. The second kappa shape index (κ2) is 3.94. The second-order valence-electron chi connectivity index (χ2n) is 4.31. The van der Waals surface area contributed by atoms with Gasteiger partial charge in [0, 0.05) is 26.3 Å². The second-order valence-corrected chi connectivity index (χ2v) is 4.31. The standard InChI is InChI=1S/C11H19N3O/c1-3-14-8-5-11(15,6-9-14)10-4-7-12-13(10)2/h4,7,15H,3,5-6,8-9H2,1-2H3. The van der Waals surface area contributed by atoms with Crippen molar-refractivity contribution in [3.8, 4) is 0 Å². The summed E-state index contributed by atoms with van der Waals surface area (Å²) >= 11 is 0. The summed E-state index contributed by atoms with van der Waals surface area (Å²) in [4.78, 5) is 2.37. The van der Waals surface area contributed by atoms with Gasteiger partial charge in [0.25, 0.3) is 0 Å². The van der Waals surface area contributed by atoms with E-state index in [2.05, 4.69) is 16.9 Å². The number of aliphatic hydroxyl groups is 1. The average molecular weight is 209 g/mol. The highest BCUT2D eigenvalue weighted by atomic mass is 16.3. The molecule has 1 fully saturated rings. The van der Waals surface area contributed by atoms with E-state index >= 15 is 0 Å². The maximum absolute atomic E-state index is 10.5. The van der Waals surface area contributed by atoms with Crippen LogP contribution in [0.1, 0.15) is 25.5 Å². The first-order chi connectivity index (χ1) is 7.15. The molecule has 1 aromatic rings. The van der Waals surface area contributed by atoms with Gasteiger partial charge in [0.2, 0.25) is 0 Å². The van der Waals surface area contributed by atoms with Gasteiger partial charge in [0.15, 0.2) is 0 Å². The smallest absolute Gasteiger partial charge is 0.109 e. The molecule has 0 saturated carbocycles. The van der Waals surface area contributed by atoms with Crippen molar-refractivity contribution in [1.29, 1.82) is 0 Å². The number of aromatic nitrogens is 2. The van der Waals surface area contributed by atoms with Crippen LogP contribution in [0.25, 0.3) is 0 Å². The Hall–Kier alpha value is -0.870. The van der Waals surface area contributed by atoms with E-state index in [0.29, 0.717) is 0 Å². The molecule has 0 unspecified atom stereocenters. The lowest BCUT2D eigenvalue weighted by molar-refractivity contribution is -0.0308. The molecule has 84 valence electrons. The summed E-state index contributed by atoms with van der Waals surface area (Å²) in [5, 5.41) is 14.7. The third-order valence-electron chi connectivity index (χ3n) is 3.43. The molecule has 0 atom stereocenters. The molecule has 0 aliphatic carbocycles. The van der Waals surface area contributed by atoms with E-state index in [-0.39, 0.29) is 0 Å². The summed E-state index contributed by atoms with van der Waals surface area (Å²) in [6, 6.07) is 1.92. The van der Waals surface area contributed by atoms with Crippen LogP contribution < -0.4 is 0 Å². The van der Waals surface area contributed by atoms with Crippen LogP contribution in [-0.2, 0) is 12.6 Å². The molecule has 2 heterocycles. The van der Waals surface area contributed by atoms with Gasteiger partial charge < -0.3 is 10.0 Å². The van der Waals surface area contributed by atoms with E-state index in [1.54, 1.807) is 10.9 Å². The highest BCUT2D eigenvalue weighted by molar-refractivity contribution is 5.12. The lowest BCUT2D eigenvalue weighted by Crippen LogP contribution is -2.43. The average Bonchev–Trinajstić information content (AvgIpc) is 2.66. The number of aryl methyl sites for hydroxylation is 1. The van der Waals surface area contributed by atoms with Crippen molar-refractivity contribution < 1.29 is 5.11 Å². The van der Waals surface area contributed by atoms with Crippen molar-refractivity contribution >= 4 is 0 Å². The molecule has 0 radical (unpaired) electrons. The zero-order valence-corrected chi connectivity index (χ0v) is 9.48. The molecule has 1 aromatic heterocycles. The SMILES string of the molecule is CCN1CCC(O)(c2ccnn2C)CC1. The number of piperidine rings is 1. The molecule has 1 N–H and O–H groups in total. The lowest BCUT2D eigenvalue weighted by Gasteiger charge is -2.37. The topological polar surface area (TPSA) is 41.3 Å². The summed E-state index contributed by atoms with van der Waals surface area (Å²) in [6.45, 7) is 5.17. The zero-order valence-electron chi connectivity index (χ0n) is 9.48. The number of hydrogen-bond donors (Lipinski definition) is 1. The number of likely N-dealkylation sites (tertiary alicyclic amines) is 1. The van der Waals surface area contributed by atoms with Crippen LogP contribution in [-0.4, -0.2) is 39.4 Å². The maximum atomic E-state index is 10.5. The molecular formula is C11H19N3O. The van der Waals surface area contributed by atoms with Gasteiger partial charge in [-0.1, -0.05) is 6.92 Å². The Kier molecular flexibility index (Phi) is 2.80. The summed E-state index contributed by atoms with van der Waals surface area (Å²) in [5.41, 5.74) is 0.273. The fourth-order valence-electron chi connectivity index (χ4n) is 2.33. The minimum absolute atomic E-state index is 0.670. The Morgan fingerprint density at radius 2 is 2.13 bits per heavy atom. The van der Waals surface area contributed by atoms with Crippen LogP contribution in [0.2, 0.25) is 0 Å². The molecule has 4 nitrogen and oxygen atoms in total. The van der Waals surface area contributed by atoms with Gasteiger partial charge in [-0.15, -0.1) is 0 Å². The van der Waals surface area contributed by atoms with E-state index in [4.69, 9.17) is 0 Å². The first-order valence-electron chi connectivity index (χ1n) is 5.59. The van der Waals surface area contributed by atoms with E-state index in [9.17, 15) is 5.11 Å². The fourth-order valence-corrected chi connectivity index (χ4v) is 2.33.